The molecule has 0 aliphatic heterocycles. The molecule has 2 rings (SSSR count). The van der Waals surface area contributed by atoms with E-state index in [1.54, 1.807) is 25.1 Å². The number of alkyl carbamates (subject to hydrolysis) is 1. The van der Waals surface area contributed by atoms with Gasteiger partial charge in [-0.25, -0.2) is 9.59 Å². The molecule has 0 fully saturated rings. The molecule has 0 bridgehead atoms. The molecule has 0 spiro atoms. The van der Waals surface area contributed by atoms with Gasteiger partial charge in [0, 0.05) is 6.54 Å². The van der Waals surface area contributed by atoms with Crippen LogP contribution < -0.4 is 11.1 Å². The molecule has 1 aromatic heterocycles. The highest BCUT2D eigenvalue weighted by Gasteiger charge is 2.04. The predicted octanol–water partition coefficient (Wildman–Crippen LogP) is 1.37. The zero-order chi connectivity index (χ0) is 12.3. The number of hydrogen-bond donors (Lipinski definition) is 2. The first kappa shape index (κ1) is 11.3. The number of nitrogens with one attached hydrogen (secondary N) is 2. The fourth-order valence-corrected chi connectivity index (χ4v) is 1.47. The van der Waals surface area contributed by atoms with Crippen LogP contribution >= 0.6 is 0 Å². The number of H-pyrrole nitrogens is 1. The van der Waals surface area contributed by atoms with Crippen LogP contribution in [-0.4, -0.2) is 17.7 Å². The molecular weight excluding hydrogens is 224 g/mol. The Morgan fingerprint density at radius 3 is 3.12 bits per heavy atom. The second kappa shape index (κ2) is 4.73. The highest BCUT2D eigenvalue weighted by atomic mass is 16.5. The molecule has 0 unspecified atom stereocenters. The van der Waals surface area contributed by atoms with Gasteiger partial charge >= 0.3 is 11.8 Å². The number of ether oxygens (including phenoxy) is 1. The molecule has 1 amide bonds. The lowest BCUT2D eigenvalue weighted by Gasteiger charge is -2.04. The Balaban J connectivity index is 2.08. The summed E-state index contributed by atoms with van der Waals surface area (Å²) in [6, 6.07) is 5.19. The molecular formula is C11H12N2O4. The van der Waals surface area contributed by atoms with Crippen LogP contribution in [0.15, 0.2) is 27.4 Å². The van der Waals surface area contributed by atoms with Gasteiger partial charge in [0.15, 0.2) is 5.58 Å². The summed E-state index contributed by atoms with van der Waals surface area (Å²) in [6.45, 7) is 2.41. The molecule has 90 valence electrons. The van der Waals surface area contributed by atoms with E-state index in [-0.39, 0.29) is 0 Å². The predicted molar refractivity (Wildman–Crippen MR) is 60.7 cm³/mol. The van der Waals surface area contributed by atoms with Gasteiger partial charge in [0.25, 0.3) is 0 Å². The van der Waals surface area contributed by atoms with Crippen molar-refractivity contribution in [2.75, 3.05) is 6.61 Å². The molecule has 6 heteroatoms. The number of carbonyl (C=O) groups is 1. The Morgan fingerprint density at radius 2 is 2.35 bits per heavy atom. The second-order valence-corrected chi connectivity index (χ2v) is 3.42. The standard InChI is InChI=1S/C11H12N2O4/c1-2-16-10(14)12-6-7-3-4-9-8(5-7)13-11(15)17-9/h3-5H,2,6H2,1H3,(H,12,14)(H,13,15). The van der Waals surface area contributed by atoms with Gasteiger partial charge in [-0.2, -0.15) is 0 Å². The number of carbonyl (C=O) groups excluding carboxylic acids is 1. The number of fused-ring (bicyclic) bond motifs is 1. The van der Waals surface area contributed by atoms with Gasteiger partial charge in [0.2, 0.25) is 0 Å². The maximum absolute atomic E-state index is 11.1. The summed E-state index contributed by atoms with van der Waals surface area (Å²) in [4.78, 5) is 24.6. The topological polar surface area (TPSA) is 84.3 Å². The fraction of sp³-hybridized carbons (Fsp3) is 0.273. The number of oxazole rings is 1. The Labute approximate surface area is 96.6 Å². The fourth-order valence-electron chi connectivity index (χ4n) is 1.47. The van der Waals surface area contributed by atoms with Gasteiger partial charge in [0.05, 0.1) is 12.1 Å². The minimum absolute atomic E-state index is 0.333. The third-order valence-electron chi connectivity index (χ3n) is 2.20. The van der Waals surface area contributed by atoms with Crippen LogP contribution in [0.3, 0.4) is 0 Å². The maximum Gasteiger partial charge on any atom is 0.417 e. The van der Waals surface area contributed by atoms with E-state index in [1.165, 1.54) is 0 Å². The van der Waals surface area contributed by atoms with Crippen molar-refractivity contribution in [3.63, 3.8) is 0 Å². The molecule has 2 aromatic rings. The Bertz CT molecular complexity index is 584. The average Bonchev–Trinajstić information content (AvgIpc) is 2.66. The third-order valence-corrected chi connectivity index (χ3v) is 2.20. The summed E-state index contributed by atoms with van der Waals surface area (Å²) in [6.07, 6.45) is -0.465. The van der Waals surface area contributed by atoms with E-state index in [4.69, 9.17) is 9.15 Å². The van der Waals surface area contributed by atoms with Gasteiger partial charge < -0.3 is 14.5 Å². The Kier molecular flexibility index (Phi) is 3.13. The van der Waals surface area contributed by atoms with Crippen molar-refractivity contribution in [2.24, 2.45) is 0 Å². The molecule has 1 heterocycles. The lowest BCUT2D eigenvalue weighted by atomic mass is 10.2. The highest BCUT2D eigenvalue weighted by Crippen LogP contribution is 2.11. The first-order valence-corrected chi connectivity index (χ1v) is 5.21. The minimum atomic E-state index is -0.490. The number of aromatic nitrogens is 1. The van der Waals surface area contributed by atoms with Gasteiger partial charge in [-0.1, -0.05) is 6.07 Å². The van der Waals surface area contributed by atoms with Gasteiger partial charge in [-0.15, -0.1) is 0 Å². The van der Waals surface area contributed by atoms with E-state index >= 15 is 0 Å². The number of benzene rings is 1. The molecule has 0 radical (unpaired) electrons. The van der Waals surface area contributed by atoms with E-state index in [0.29, 0.717) is 24.3 Å². The van der Waals surface area contributed by atoms with Crippen LogP contribution in [0.1, 0.15) is 12.5 Å². The van der Waals surface area contributed by atoms with Crippen molar-refractivity contribution in [1.82, 2.24) is 10.3 Å². The first-order chi connectivity index (χ1) is 8.19. The van der Waals surface area contributed by atoms with Crippen molar-refractivity contribution in [2.45, 2.75) is 13.5 Å². The summed E-state index contributed by atoms with van der Waals surface area (Å²) >= 11 is 0. The Morgan fingerprint density at radius 1 is 1.53 bits per heavy atom. The summed E-state index contributed by atoms with van der Waals surface area (Å²) in [5.41, 5.74) is 1.95. The lowest BCUT2D eigenvalue weighted by molar-refractivity contribution is 0.151. The van der Waals surface area contributed by atoms with Crippen LogP contribution in [0, 0.1) is 0 Å². The zero-order valence-electron chi connectivity index (χ0n) is 9.28. The van der Waals surface area contributed by atoms with E-state index in [2.05, 4.69) is 10.3 Å². The number of rotatable bonds is 3. The quantitative estimate of drug-likeness (QED) is 0.842. The summed E-state index contributed by atoms with van der Waals surface area (Å²) in [7, 11) is 0. The van der Waals surface area contributed by atoms with Gasteiger partial charge in [-0.05, 0) is 24.6 Å². The number of aromatic amines is 1. The van der Waals surface area contributed by atoms with Crippen molar-refractivity contribution in [3.8, 4) is 0 Å². The Hall–Kier alpha value is -2.24. The smallest absolute Gasteiger partial charge is 0.417 e. The first-order valence-electron chi connectivity index (χ1n) is 5.21. The monoisotopic (exact) mass is 236 g/mol. The minimum Gasteiger partial charge on any atom is -0.450 e. The van der Waals surface area contributed by atoms with Crippen molar-refractivity contribution >= 4 is 17.2 Å². The van der Waals surface area contributed by atoms with Crippen molar-refractivity contribution in [1.29, 1.82) is 0 Å². The molecule has 1 aromatic carbocycles. The van der Waals surface area contributed by atoms with E-state index in [1.807, 2.05) is 0 Å². The molecule has 0 aliphatic rings. The molecule has 6 nitrogen and oxygen atoms in total. The van der Waals surface area contributed by atoms with Gasteiger partial charge in [0.1, 0.15) is 0 Å². The number of hydrogen-bond acceptors (Lipinski definition) is 4. The van der Waals surface area contributed by atoms with Crippen LogP contribution in [0.4, 0.5) is 4.79 Å². The second-order valence-electron chi connectivity index (χ2n) is 3.42. The van der Waals surface area contributed by atoms with E-state index in [9.17, 15) is 9.59 Å². The normalized spacial score (nSPS) is 10.4. The van der Waals surface area contributed by atoms with E-state index < -0.39 is 11.8 Å². The maximum atomic E-state index is 11.1. The lowest BCUT2D eigenvalue weighted by Crippen LogP contribution is -2.23. The van der Waals surface area contributed by atoms with Crippen molar-refractivity contribution in [3.05, 3.63) is 34.3 Å². The third kappa shape index (κ3) is 2.66. The molecule has 2 N–H and O–H groups in total. The summed E-state index contributed by atoms with van der Waals surface area (Å²) in [5.74, 6) is -0.490. The molecule has 0 atom stereocenters. The van der Waals surface area contributed by atoms with Crippen LogP contribution in [0.2, 0.25) is 0 Å². The van der Waals surface area contributed by atoms with Crippen LogP contribution in [0.25, 0.3) is 11.1 Å². The molecule has 0 aliphatic carbocycles. The van der Waals surface area contributed by atoms with E-state index in [0.717, 1.165) is 5.56 Å². The average molecular weight is 236 g/mol. The molecule has 17 heavy (non-hydrogen) atoms. The summed E-state index contributed by atoms with van der Waals surface area (Å²) < 4.78 is 9.59. The molecule has 0 saturated heterocycles. The van der Waals surface area contributed by atoms with Gasteiger partial charge in [-0.3, -0.25) is 4.98 Å². The van der Waals surface area contributed by atoms with Crippen LogP contribution in [0.5, 0.6) is 0 Å². The molecule has 0 saturated carbocycles. The largest absolute Gasteiger partial charge is 0.450 e. The van der Waals surface area contributed by atoms with Crippen molar-refractivity contribution < 1.29 is 13.9 Å². The van der Waals surface area contributed by atoms with Crippen LogP contribution in [-0.2, 0) is 11.3 Å². The zero-order valence-corrected chi connectivity index (χ0v) is 9.28. The SMILES string of the molecule is CCOC(=O)NCc1ccc2oc(=O)[nH]c2c1. The highest BCUT2D eigenvalue weighted by molar-refractivity contribution is 5.73. The number of amides is 1. The summed E-state index contributed by atoms with van der Waals surface area (Å²) in [5, 5.41) is 2.59.